The van der Waals surface area contributed by atoms with Crippen LogP contribution < -0.4 is 5.32 Å². The number of alkyl carbamates (subject to hydrolysis) is 1. The van der Waals surface area contributed by atoms with Crippen LogP contribution in [0.3, 0.4) is 0 Å². The lowest BCUT2D eigenvalue weighted by Crippen LogP contribution is -2.60. The lowest BCUT2D eigenvalue weighted by atomic mass is 9.84. The van der Waals surface area contributed by atoms with Gasteiger partial charge in [-0.05, 0) is 35.5 Å². The fourth-order valence-electron chi connectivity index (χ4n) is 4.09. The van der Waals surface area contributed by atoms with Crippen molar-refractivity contribution in [3.8, 4) is 0 Å². The molecule has 1 fully saturated rings. The fraction of sp³-hybridized carbons (Fsp3) is 0.679. The molecular weight excluding hydrogens is 502 g/mol. The van der Waals surface area contributed by atoms with Crippen LogP contribution in [-0.2, 0) is 20.6 Å². The van der Waals surface area contributed by atoms with Gasteiger partial charge in [-0.15, -0.1) is 0 Å². The summed E-state index contributed by atoms with van der Waals surface area (Å²) in [6, 6.07) is 8.83. The van der Waals surface area contributed by atoms with Gasteiger partial charge in [0.05, 0.1) is 18.7 Å². The SMILES string of the molecule is CC(C)(C)C1CN(C(=O)O)CCN1C(=O)CCC(CO[Si](C)(C)C(C)(C)C)NC(=O)OCc1ccccc1. The number of amides is 3. The molecule has 0 saturated carbocycles. The molecule has 1 saturated heterocycles. The van der Waals surface area contributed by atoms with Gasteiger partial charge >= 0.3 is 12.2 Å². The zero-order chi connectivity index (χ0) is 28.7. The Hall–Kier alpha value is -2.59. The second-order valence-electron chi connectivity index (χ2n) is 12.7. The highest BCUT2D eigenvalue weighted by atomic mass is 28.4. The van der Waals surface area contributed by atoms with Crippen LogP contribution >= 0.6 is 0 Å². The number of carbonyl (C=O) groups excluding carboxylic acids is 2. The maximum atomic E-state index is 13.4. The second kappa shape index (κ2) is 13.0. The number of rotatable bonds is 9. The molecule has 2 unspecified atom stereocenters. The summed E-state index contributed by atoms with van der Waals surface area (Å²) in [5, 5.41) is 12.4. The summed E-state index contributed by atoms with van der Waals surface area (Å²) in [4.78, 5) is 40.7. The molecule has 3 amide bonds. The number of carboxylic acid groups (broad SMARTS) is 1. The van der Waals surface area contributed by atoms with Crippen molar-refractivity contribution in [2.24, 2.45) is 5.41 Å². The van der Waals surface area contributed by atoms with Crippen LogP contribution in [0.25, 0.3) is 0 Å². The minimum atomic E-state index is -2.08. The minimum absolute atomic E-state index is 0.00489. The van der Waals surface area contributed by atoms with E-state index in [9.17, 15) is 19.5 Å². The normalized spacial score (nSPS) is 17.6. The molecule has 0 radical (unpaired) electrons. The summed E-state index contributed by atoms with van der Waals surface area (Å²) in [7, 11) is -2.08. The molecule has 9 nitrogen and oxygen atoms in total. The van der Waals surface area contributed by atoms with Crippen molar-refractivity contribution in [2.45, 2.75) is 91.2 Å². The molecule has 214 valence electrons. The Morgan fingerprint density at radius 2 is 1.71 bits per heavy atom. The Bertz CT molecular complexity index is 942. The van der Waals surface area contributed by atoms with Gasteiger partial charge in [0.15, 0.2) is 8.32 Å². The maximum Gasteiger partial charge on any atom is 0.407 e. The lowest BCUT2D eigenvalue weighted by Gasteiger charge is -2.46. The number of hydrogen-bond acceptors (Lipinski definition) is 5. The fourth-order valence-corrected chi connectivity index (χ4v) is 5.14. The third-order valence-electron chi connectivity index (χ3n) is 7.66. The van der Waals surface area contributed by atoms with Gasteiger partial charge in [-0.2, -0.15) is 0 Å². The predicted octanol–water partition coefficient (Wildman–Crippen LogP) is 5.32. The van der Waals surface area contributed by atoms with Crippen LogP contribution in [0, 0.1) is 5.41 Å². The topological polar surface area (TPSA) is 108 Å². The van der Waals surface area contributed by atoms with E-state index in [1.807, 2.05) is 51.1 Å². The van der Waals surface area contributed by atoms with Crippen molar-refractivity contribution in [1.82, 2.24) is 15.1 Å². The summed E-state index contributed by atoms with van der Waals surface area (Å²) in [5.74, 6) is -0.0493. The number of carbonyl (C=O) groups is 3. The third-order valence-corrected chi connectivity index (χ3v) is 12.2. The number of benzene rings is 1. The first kappa shape index (κ1) is 31.6. The van der Waals surface area contributed by atoms with Crippen molar-refractivity contribution in [3.05, 3.63) is 35.9 Å². The number of hydrogen-bond donors (Lipinski definition) is 2. The lowest BCUT2D eigenvalue weighted by molar-refractivity contribution is -0.139. The summed E-state index contributed by atoms with van der Waals surface area (Å²) in [6.07, 6.45) is -0.909. The van der Waals surface area contributed by atoms with Crippen LogP contribution in [0.5, 0.6) is 0 Å². The van der Waals surface area contributed by atoms with Crippen molar-refractivity contribution in [1.29, 1.82) is 0 Å². The first-order chi connectivity index (χ1) is 17.5. The Morgan fingerprint density at radius 3 is 2.26 bits per heavy atom. The Labute approximate surface area is 229 Å². The number of nitrogens with one attached hydrogen (secondary N) is 1. The molecular formula is C28H47N3O6Si. The standard InChI is InChI=1S/C28H47N3O6Si/c1-27(2,3)23-18-30(26(34)35)16-17-31(23)24(32)15-14-22(20-37-38(7,8)28(4,5)6)29-25(33)36-19-21-12-10-9-11-13-21/h9-13,22-23H,14-20H2,1-8H3,(H,29,33)(H,34,35). The quantitative estimate of drug-likeness (QED) is 0.404. The molecule has 1 aliphatic rings. The smallest absolute Gasteiger partial charge is 0.407 e. The predicted molar refractivity (Wildman–Crippen MR) is 150 cm³/mol. The number of nitrogens with zero attached hydrogens (tertiary/aromatic N) is 2. The summed E-state index contributed by atoms with van der Waals surface area (Å²) in [5.41, 5.74) is 0.606. The van der Waals surface area contributed by atoms with E-state index in [1.165, 1.54) is 4.90 Å². The van der Waals surface area contributed by atoms with E-state index in [2.05, 4.69) is 39.2 Å². The molecule has 0 aliphatic carbocycles. The average molecular weight is 550 g/mol. The highest BCUT2D eigenvalue weighted by molar-refractivity contribution is 6.74. The van der Waals surface area contributed by atoms with E-state index in [0.717, 1.165) is 5.56 Å². The third kappa shape index (κ3) is 9.30. The first-order valence-electron chi connectivity index (χ1n) is 13.4. The molecule has 0 bridgehead atoms. The molecule has 38 heavy (non-hydrogen) atoms. The van der Waals surface area contributed by atoms with Crippen LogP contribution in [0.4, 0.5) is 9.59 Å². The van der Waals surface area contributed by atoms with E-state index in [0.29, 0.717) is 19.6 Å². The number of ether oxygens (including phenoxy) is 1. The molecule has 1 heterocycles. The molecule has 0 spiro atoms. The molecule has 1 aliphatic heterocycles. The van der Waals surface area contributed by atoms with Gasteiger partial charge in [0, 0.05) is 26.1 Å². The largest absolute Gasteiger partial charge is 0.465 e. The van der Waals surface area contributed by atoms with Gasteiger partial charge in [-0.1, -0.05) is 71.9 Å². The minimum Gasteiger partial charge on any atom is -0.465 e. The highest BCUT2D eigenvalue weighted by Gasteiger charge is 2.40. The van der Waals surface area contributed by atoms with E-state index in [1.54, 1.807) is 4.90 Å². The molecule has 2 rings (SSSR count). The molecule has 0 aromatic heterocycles. The van der Waals surface area contributed by atoms with Crippen molar-refractivity contribution >= 4 is 26.4 Å². The van der Waals surface area contributed by atoms with Gasteiger partial charge in [0.25, 0.3) is 0 Å². The average Bonchev–Trinajstić information content (AvgIpc) is 2.83. The van der Waals surface area contributed by atoms with E-state index in [4.69, 9.17) is 9.16 Å². The molecule has 1 aromatic carbocycles. The molecule has 2 N–H and O–H groups in total. The Kier molecular flexibility index (Phi) is 10.8. The van der Waals surface area contributed by atoms with Crippen molar-refractivity contribution < 1.29 is 28.7 Å². The van der Waals surface area contributed by atoms with E-state index >= 15 is 0 Å². The Balaban J connectivity index is 2.07. The second-order valence-corrected chi connectivity index (χ2v) is 17.5. The van der Waals surface area contributed by atoms with Crippen LogP contribution in [0.15, 0.2) is 30.3 Å². The first-order valence-corrected chi connectivity index (χ1v) is 16.3. The van der Waals surface area contributed by atoms with Gasteiger partial charge in [0.2, 0.25) is 5.91 Å². The highest BCUT2D eigenvalue weighted by Crippen LogP contribution is 2.36. The number of piperazine rings is 1. The van der Waals surface area contributed by atoms with Gasteiger partial charge in [-0.25, -0.2) is 9.59 Å². The maximum absolute atomic E-state index is 13.4. The van der Waals surface area contributed by atoms with Gasteiger partial charge in [0.1, 0.15) is 6.61 Å². The van der Waals surface area contributed by atoms with Crippen LogP contribution in [-0.4, -0.2) is 79.6 Å². The van der Waals surface area contributed by atoms with Gasteiger partial charge < -0.3 is 29.4 Å². The Morgan fingerprint density at radius 1 is 1.08 bits per heavy atom. The van der Waals surface area contributed by atoms with Gasteiger partial charge in [-0.3, -0.25) is 4.79 Å². The van der Waals surface area contributed by atoms with E-state index in [-0.39, 0.29) is 48.5 Å². The zero-order valence-corrected chi connectivity index (χ0v) is 25.4. The van der Waals surface area contributed by atoms with Crippen molar-refractivity contribution in [3.63, 3.8) is 0 Å². The van der Waals surface area contributed by atoms with E-state index < -0.39 is 26.5 Å². The molecule has 2 atom stereocenters. The van der Waals surface area contributed by atoms with Crippen LogP contribution in [0.2, 0.25) is 18.1 Å². The van der Waals surface area contributed by atoms with Crippen LogP contribution in [0.1, 0.15) is 59.9 Å². The summed E-state index contributed by atoms with van der Waals surface area (Å²) >= 11 is 0. The molecule has 1 aromatic rings. The van der Waals surface area contributed by atoms with Crippen molar-refractivity contribution in [2.75, 3.05) is 26.2 Å². The monoisotopic (exact) mass is 549 g/mol. The zero-order valence-electron chi connectivity index (χ0n) is 24.4. The summed E-state index contributed by atoms with van der Waals surface area (Å²) < 4.78 is 11.8. The molecule has 10 heteroatoms. The summed E-state index contributed by atoms with van der Waals surface area (Å²) in [6.45, 7) is 18.2.